The minimum Gasteiger partial charge on any atom is -0.478 e. The second kappa shape index (κ2) is 18.3. The average molecular weight is 392 g/mol. The fourth-order valence-corrected chi connectivity index (χ4v) is 1.44. The third-order valence-electron chi connectivity index (χ3n) is 2.44. The van der Waals surface area contributed by atoms with Crippen molar-refractivity contribution in [3.8, 4) is 0 Å². The predicted molar refractivity (Wildman–Crippen MR) is 101 cm³/mol. The summed E-state index contributed by atoms with van der Waals surface area (Å²) in [4.78, 5) is 27.8. The van der Waals surface area contributed by atoms with Crippen LogP contribution in [-0.2, 0) is 14.4 Å². The molecule has 0 bridgehead atoms. The van der Waals surface area contributed by atoms with Crippen LogP contribution in [0.3, 0.4) is 0 Å². The van der Waals surface area contributed by atoms with Gasteiger partial charge in [0.25, 0.3) is 0 Å². The van der Waals surface area contributed by atoms with Gasteiger partial charge in [-0.2, -0.15) is 0 Å². The molecule has 9 nitrogen and oxygen atoms in total. The molecular formula is C18H32O9. The molecular weight excluding hydrogens is 360 g/mol. The van der Waals surface area contributed by atoms with Gasteiger partial charge in [-0.05, 0) is 11.8 Å². The van der Waals surface area contributed by atoms with Crippen LogP contribution in [-0.4, -0.2) is 68.4 Å². The lowest BCUT2D eigenvalue weighted by atomic mass is 9.75. The molecule has 0 unspecified atom stereocenters. The zero-order valence-corrected chi connectivity index (χ0v) is 16.1. The summed E-state index contributed by atoms with van der Waals surface area (Å²) in [7, 11) is 0. The Morgan fingerprint density at radius 1 is 0.704 bits per heavy atom. The van der Waals surface area contributed by atoms with Gasteiger partial charge in [0.05, 0.1) is 19.8 Å². The maximum atomic E-state index is 9.25. The van der Waals surface area contributed by atoms with Gasteiger partial charge in [-0.25, -0.2) is 14.4 Å². The van der Waals surface area contributed by atoms with E-state index in [1.54, 1.807) is 0 Å². The summed E-state index contributed by atoms with van der Waals surface area (Å²) in [5, 5.41) is 49.9. The van der Waals surface area contributed by atoms with Crippen LogP contribution in [0.4, 0.5) is 0 Å². The first kappa shape index (κ1) is 32.2. The molecule has 0 aliphatic carbocycles. The van der Waals surface area contributed by atoms with E-state index in [2.05, 4.69) is 19.7 Å². The summed E-state index contributed by atoms with van der Waals surface area (Å²) >= 11 is 0. The second-order valence-electron chi connectivity index (χ2n) is 6.34. The van der Waals surface area contributed by atoms with E-state index in [0.717, 1.165) is 18.2 Å². The highest BCUT2D eigenvalue weighted by molar-refractivity contribution is 5.79. The summed E-state index contributed by atoms with van der Waals surface area (Å²) in [6.07, 6.45) is 3.11. The largest absolute Gasteiger partial charge is 0.478 e. The van der Waals surface area contributed by atoms with Crippen molar-refractivity contribution in [1.29, 1.82) is 0 Å². The maximum Gasteiger partial charge on any atom is 0.327 e. The molecule has 0 aliphatic heterocycles. The summed E-state index contributed by atoms with van der Waals surface area (Å²) in [6, 6.07) is 0. The van der Waals surface area contributed by atoms with Crippen LogP contribution in [0.25, 0.3) is 0 Å². The summed E-state index contributed by atoms with van der Waals surface area (Å²) < 4.78 is 0. The van der Waals surface area contributed by atoms with Crippen LogP contribution >= 0.6 is 0 Å². The van der Waals surface area contributed by atoms with Crippen LogP contribution in [0.5, 0.6) is 0 Å². The highest BCUT2D eigenvalue weighted by atomic mass is 16.4. The van der Waals surface area contributed by atoms with Gasteiger partial charge in [-0.15, -0.1) is 0 Å². The molecule has 0 saturated carbocycles. The van der Waals surface area contributed by atoms with Crippen molar-refractivity contribution in [2.75, 3.05) is 19.8 Å². The number of carboxylic acid groups (broad SMARTS) is 3. The first-order chi connectivity index (χ1) is 12.2. The molecule has 27 heavy (non-hydrogen) atoms. The van der Waals surface area contributed by atoms with E-state index < -0.39 is 23.3 Å². The van der Waals surface area contributed by atoms with Gasteiger partial charge in [0.15, 0.2) is 0 Å². The van der Waals surface area contributed by atoms with E-state index in [9.17, 15) is 14.4 Å². The third-order valence-corrected chi connectivity index (χ3v) is 2.44. The highest BCUT2D eigenvalue weighted by Crippen LogP contribution is 2.32. The smallest absolute Gasteiger partial charge is 0.327 e. The van der Waals surface area contributed by atoms with Crippen molar-refractivity contribution in [3.05, 3.63) is 38.0 Å². The Balaban J connectivity index is -0.000000147. The van der Waals surface area contributed by atoms with Gasteiger partial charge in [-0.3, -0.25) is 0 Å². The Morgan fingerprint density at radius 3 is 0.926 bits per heavy atom. The third kappa shape index (κ3) is 31.7. The van der Waals surface area contributed by atoms with E-state index >= 15 is 0 Å². The van der Waals surface area contributed by atoms with Gasteiger partial charge < -0.3 is 30.6 Å². The Labute approximate surface area is 159 Å². The quantitative estimate of drug-likeness (QED) is 0.347. The molecule has 0 aliphatic rings. The molecule has 0 saturated heterocycles. The van der Waals surface area contributed by atoms with Crippen molar-refractivity contribution >= 4 is 17.9 Å². The predicted octanol–water partition coefficient (Wildman–Crippen LogP) is 1.16. The van der Waals surface area contributed by atoms with Gasteiger partial charge >= 0.3 is 17.9 Å². The molecule has 0 atom stereocenters. The number of aliphatic hydroxyl groups is 3. The van der Waals surface area contributed by atoms with Crippen LogP contribution in [0, 0.1) is 10.8 Å². The molecule has 0 aromatic heterocycles. The van der Waals surface area contributed by atoms with Crippen LogP contribution in [0.2, 0.25) is 0 Å². The van der Waals surface area contributed by atoms with E-state index in [1.807, 2.05) is 20.8 Å². The molecule has 0 rings (SSSR count). The lowest BCUT2D eigenvalue weighted by Crippen LogP contribution is -2.37. The van der Waals surface area contributed by atoms with Crippen LogP contribution in [0.15, 0.2) is 38.0 Å². The van der Waals surface area contributed by atoms with Gasteiger partial charge in [0.1, 0.15) is 0 Å². The molecule has 0 aromatic carbocycles. The molecule has 0 aromatic rings. The maximum absolute atomic E-state index is 9.25. The zero-order valence-electron chi connectivity index (χ0n) is 16.1. The second-order valence-corrected chi connectivity index (χ2v) is 6.34. The Kier molecular flexibility index (Phi) is 21.8. The van der Waals surface area contributed by atoms with E-state index in [-0.39, 0.29) is 25.2 Å². The van der Waals surface area contributed by atoms with E-state index in [0.29, 0.717) is 6.42 Å². The first-order valence-corrected chi connectivity index (χ1v) is 7.59. The monoisotopic (exact) mass is 392 g/mol. The lowest BCUT2D eigenvalue weighted by Gasteiger charge is -2.34. The number of aliphatic carboxylic acids is 3. The fourth-order valence-electron chi connectivity index (χ4n) is 1.44. The van der Waals surface area contributed by atoms with Crippen molar-refractivity contribution in [2.24, 2.45) is 10.8 Å². The molecule has 6 N–H and O–H groups in total. The van der Waals surface area contributed by atoms with Gasteiger partial charge in [0, 0.05) is 23.6 Å². The molecule has 0 amide bonds. The number of hydrogen-bond acceptors (Lipinski definition) is 6. The molecule has 9 heteroatoms. The molecule has 0 spiro atoms. The Hall–Kier alpha value is -2.49. The number of carbonyl (C=O) groups is 3. The van der Waals surface area contributed by atoms with Crippen molar-refractivity contribution in [2.45, 2.75) is 27.2 Å². The Bertz CT molecular complexity index is 407. The topological polar surface area (TPSA) is 173 Å². The number of aliphatic hydroxyl groups excluding tert-OH is 3. The number of rotatable bonds is 7. The first-order valence-electron chi connectivity index (χ1n) is 7.59. The standard InChI is InChI=1S/C9H20O3.3C3H4O2/c1-8(2,3)4-9(5-10,6-11)7-12;3*1-2-3(4)5/h10-12H,4-7H2,1-3H3;3*2H,1H2,(H,4,5). The van der Waals surface area contributed by atoms with Crippen molar-refractivity contribution in [1.82, 2.24) is 0 Å². The average Bonchev–Trinajstić information content (AvgIpc) is 2.60. The van der Waals surface area contributed by atoms with Gasteiger partial charge in [-0.1, -0.05) is 40.5 Å². The lowest BCUT2D eigenvalue weighted by molar-refractivity contribution is -0.132. The number of hydrogen-bond donors (Lipinski definition) is 6. The summed E-state index contributed by atoms with van der Waals surface area (Å²) in [6.45, 7) is 14.4. The highest BCUT2D eigenvalue weighted by Gasteiger charge is 2.32. The Morgan fingerprint density at radius 2 is 0.889 bits per heavy atom. The molecule has 0 radical (unpaired) electrons. The van der Waals surface area contributed by atoms with Crippen LogP contribution < -0.4 is 0 Å². The summed E-state index contributed by atoms with van der Waals surface area (Å²) in [5.74, 6) is -2.94. The summed E-state index contributed by atoms with van der Waals surface area (Å²) in [5.41, 5.74) is -0.716. The van der Waals surface area contributed by atoms with E-state index in [1.165, 1.54) is 0 Å². The molecule has 0 heterocycles. The van der Waals surface area contributed by atoms with Gasteiger partial charge in [0.2, 0.25) is 0 Å². The SMILES string of the molecule is C=CC(=O)O.C=CC(=O)O.C=CC(=O)O.CC(C)(C)CC(CO)(CO)CO. The minimum absolute atomic E-state index is 0.00813. The van der Waals surface area contributed by atoms with Crippen molar-refractivity contribution in [3.63, 3.8) is 0 Å². The zero-order chi connectivity index (χ0) is 22.7. The normalized spacial score (nSPS) is 9.56. The molecule has 158 valence electrons. The molecule has 0 fully saturated rings. The minimum atomic E-state index is -0.981. The van der Waals surface area contributed by atoms with Crippen LogP contribution in [0.1, 0.15) is 27.2 Å². The fraction of sp³-hybridized carbons (Fsp3) is 0.500. The number of carboxylic acids is 3. The van der Waals surface area contributed by atoms with E-state index in [4.69, 9.17) is 30.6 Å². The van der Waals surface area contributed by atoms with Crippen molar-refractivity contribution < 1.29 is 45.0 Å².